The molecule has 1 saturated heterocycles. The molecule has 2 aromatic rings. The van der Waals surface area contributed by atoms with Gasteiger partial charge < -0.3 is 9.64 Å². The Kier molecular flexibility index (Phi) is 7.57. The van der Waals surface area contributed by atoms with Crippen LogP contribution in [-0.4, -0.2) is 48.5 Å². The minimum absolute atomic E-state index is 0.0177. The van der Waals surface area contributed by atoms with Crippen LogP contribution in [0.1, 0.15) is 58.2 Å². The van der Waals surface area contributed by atoms with Crippen LogP contribution in [0.25, 0.3) is 0 Å². The molecule has 1 fully saturated rings. The Labute approximate surface area is 198 Å². The number of hydrogen-bond acceptors (Lipinski definition) is 3. The van der Waals surface area contributed by atoms with Crippen molar-refractivity contribution < 1.29 is 9.53 Å². The summed E-state index contributed by atoms with van der Waals surface area (Å²) in [5.74, 6) is 0.826. The minimum Gasteiger partial charge on any atom is -0.484 e. The molecule has 3 rings (SSSR count). The number of carbonyl (C=O) groups is 1. The van der Waals surface area contributed by atoms with Gasteiger partial charge in [-0.1, -0.05) is 71.3 Å². The number of benzene rings is 2. The zero-order valence-corrected chi connectivity index (χ0v) is 21.1. The number of ether oxygens (including phenoxy) is 1. The second-order valence-electron chi connectivity index (χ2n) is 10.8. The number of carbonyl (C=O) groups excluding carboxylic acids is 1. The molecule has 0 atom stereocenters. The number of amides is 1. The highest BCUT2D eigenvalue weighted by molar-refractivity contribution is 6.30. The lowest BCUT2D eigenvalue weighted by Crippen LogP contribution is -2.49. The van der Waals surface area contributed by atoms with Gasteiger partial charge in [-0.05, 0) is 51.8 Å². The van der Waals surface area contributed by atoms with Gasteiger partial charge in [0.1, 0.15) is 5.75 Å². The molecule has 32 heavy (non-hydrogen) atoms. The summed E-state index contributed by atoms with van der Waals surface area (Å²) in [4.78, 5) is 17.1. The van der Waals surface area contributed by atoms with Crippen molar-refractivity contribution in [2.24, 2.45) is 0 Å². The van der Waals surface area contributed by atoms with Crippen LogP contribution in [0, 0.1) is 0 Å². The van der Waals surface area contributed by atoms with E-state index in [4.69, 9.17) is 16.3 Å². The molecule has 1 amide bonds. The van der Waals surface area contributed by atoms with Crippen molar-refractivity contribution in [1.29, 1.82) is 0 Å². The van der Waals surface area contributed by atoms with Crippen molar-refractivity contribution in [3.63, 3.8) is 0 Å². The van der Waals surface area contributed by atoms with Crippen LogP contribution in [0.5, 0.6) is 5.75 Å². The van der Waals surface area contributed by atoms with E-state index in [-0.39, 0.29) is 23.3 Å². The van der Waals surface area contributed by atoms with Gasteiger partial charge in [-0.2, -0.15) is 0 Å². The first-order valence-corrected chi connectivity index (χ1v) is 11.8. The standard InChI is InChI=1S/C27H37ClN2O2/c1-26(2,3)21-15-22(27(4,5)6)17-24(16-21)32-19-25(31)30-13-11-29(12-14-30)18-20-7-9-23(28)10-8-20/h7-10,15-17H,11-14,18-19H2,1-6H3. The van der Waals surface area contributed by atoms with E-state index in [0.29, 0.717) is 0 Å². The normalized spacial score (nSPS) is 15.7. The number of nitrogens with zero attached hydrogens (tertiary/aromatic N) is 2. The fourth-order valence-corrected chi connectivity index (χ4v) is 3.91. The van der Waals surface area contributed by atoms with Crippen LogP contribution in [-0.2, 0) is 22.2 Å². The monoisotopic (exact) mass is 456 g/mol. The Bertz CT molecular complexity index is 886. The van der Waals surface area contributed by atoms with E-state index in [1.54, 1.807) is 0 Å². The lowest BCUT2D eigenvalue weighted by Gasteiger charge is -2.34. The predicted octanol–water partition coefficient (Wildman–Crippen LogP) is 5.66. The van der Waals surface area contributed by atoms with E-state index in [1.807, 2.05) is 17.0 Å². The molecule has 2 aromatic carbocycles. The smallest absolute Gasteiger partial charge is 0.260 e. The Morgan fingerprint density at radius 3 is 1.91 bits per heavy atom. The SMILES string of the molecule is CC(C)(C)c1cc(OCC(=O)N2CCN(Cc3ccc(Cl)cc3)CC2)cc(C(C)(C)C)c1. The number of hydrogen-bond donors (Lipinski definition) is 0. The van der Waals surface area contributed by atoms with Gasteiger partial charge in [-0.15, -0.1) is 0 Å². The van der Waals surface area contributed by atoms with Gasteiger partial charge in [0.25, 0.3) is 5.91 Å². The highest BCUT2D eigenvalue weighted by atomic mass is 35.5. The van der Waals surface area contributed by atoms with Gasteiger partial charge >= 0.3 is 0 Å². The van der Waals surface area contributed by atoms with E-state index < -0.39 is 0 Å². The van der Waals surface area contributed by atoms with E-state index in [0.717, 1.165) is 43.5 Å². The van der Waals surface area contributed by atoms with Crippen molar-refractivity contribution in [3.05, 3.63) is 64.2 Å². The Morgan fingerprint density at radius 2 is 1.41 bits per heavy atom. The lowest BCUT2D eigenvalue weighted by molar-refractivity contribution is -0.135. The molecule has 0 radical (unpaired) electrons. The van der Waals surface area contributed by atoms with E-state index >= 15 is 0 Å². The van der Waals surface area contributed by atoms with Crippen molar-refractivity contribution >= 4 is 17.5 Å². The number of halogens is 1. The Hall–Kier alpha value is -2.04. The van der Waals surface area contributed by atoms with Crippen LogP contribution >= 0.6 is 11.6 Å². The number of piperazine rings is 1. The van der Waals surface area contributed by atoms with Crippen molar-refractivity contribution in [1.82, 2.24) is 9.80 Å². The average molecular weight is 457 g/mol. The maximum Gasteiger partial charge on any atom is 0.260 e. The highest BCUT2D eigenvalue weighted by Crippen LogP contribution is 2.33. The predicted molar refractivity (Wildman–Crippen MR) is 133 cm³/mol. The fraction of sp³-hybridized carbons (Fsp3) is 0.519. The van der Waals surface area contributed by atoms with E-state index in [1.165, 1.54) is 16.7 Å². The first-order chi connectivity index (χ1) is 14.9. The lowest BCUT2D eigenvalue weighted by atomic mass is 9.80. The average Bonchev–Trinajstić information content (AvgIpc) is 2.73. The quantitative estimate of drug-likeness (QED) is 0.582. The summed E-state index contributed by atoms with van der Waals surface area (Å²) in [5, 5.41) is 0.756. The second-order valence-corrected chi connectivity index (χ2v) is 11.3. The molecule has 4 nitrogen and oxygen atoms in total. The molecule has 0 bridgehead atoms. The maximum atomic E-state index is 12.8. The molecular formula is C27H37ClN2O2. The third kappa shape index (κ3) is 6.73. The molecular weight excluding hydrogens is 420 g/mol. The van der Waals surface area contributed by atoms with Crippen molar-refractivity contribution in [2.75, 3.05) is 32.8 Å². The van der Waals surface area contributed by atoms with Gasteiger partial charge in [0, 0.05) is 37.7 Å². The fourth-order valence-electron chi connectivity index (χ4n) is 3.79. The van der Waals surface area contributed by atoms with E-state index in [2.05, 4.69) is 76.8 Å². The number of rotatable bonds is 5. The van der Waals surface area contributed by atoms with Crippen LogP contribution in [0.2, 0.25) is 5.02 Å². The first kappa shape index (κ1) is 24.6. The summed E-state index contributed by atoms with van der Waals surface area (Å²) < 4.78 is 6.01. The molecule has 1 heterocycles. The molecule has 0 N–H and O–H groups in total. The highest BCUT2D eigenvalue weighted by Gasteiger charge is 2.23. The zero-order valence-electron chi connectivity index (χ0n) is 20.4. The molecule has 0 aromatic heterocycles. The van der Waals surface area contributed by atoms with Gasteiger partial charge in [0.2, 0.25) is 0 Å². The van der Waals surface area contributed by atoms with Crippen LogP contribution in [0.3, 0.4) is 0 Å². The minimum atomic E-state index is 0.0177. The summed E-state index contributed by atoms with van der Waals surface area (Å²) in [6.45, 7) is 17.3. The second kappa shape index (κ2) is 9.84. The largest absolute Gasteiger partial charge is 0.484 e. The van der Waals surface area contributed by atoms with Gasteiger partial charge in [0.15, 0.2) is 6.61 Å². The molecule has 174 valence electrons. The van der Waals surface area contributed by atoms with E-state index in [9.17, 15) is 4.79 Å². The summed E-state index contributed by atoms with van der Waals surface area (Å²) in [7, 11) is 0. The van der Waals surface area contributed by atoms with Crippen molar-refractivity contribution in [3.8, 4) is 5.75 Å². The molecule has 0 spiro atoms. The Morgan fingerprint density at radius 1 is 0.875 bits per heavy atom. The van der Waals surface area contributed by atoms with Crippen LogP contribution in [0.4, 0.5) is 0 Å². The molecule has 1 aliphatic heterocycles. The summed E-state index contributed by atoms with van der Waals surface area (Å²) in [6.07, 6.45) is 0. The maximum absolute atomic E-state index is 12.8. The van der Waals surface area contributed by atoms with Crippen LogP contribution < -0.4 is 4.74 Å². The topological polar surface area (TPSA) is 32.8 Å². The molecule has 0 aliphatic carbocycles. The third-order valence-electron chi connectivity index (χ3n) is 6.05. The molecule has 0 unspecified atom stereocenters. The molecule has 0 saturated carbocycles. The van der Waals surface area contributed by atoms with Gasteiger partial charge in [-0.25, -0.2) is 0 Å². The van der Waals surface area contributed by atoms with Crippen molar-refractivity contribution in [2.45, 2.75) is 58.9 Å². The first-order valence-electron chi connectivity index (χ1n) is 11.5. The zero-order chi connectivity index (χ0) is 23.5. The Balaban J connectivity index is 1.56. The third-order valence-corrected chi connectivity index (χ3v) is 6.30. The summed E-state index contributed by atoms with van der Waals surface area (Å²) >= 11 is 5.97. The summed E-state index contributed by atoms with van der Waals surface area (Å²) in [6, 6.07) is 14.4. The van der Waals surface area contributed by atoms with Crippen LogP contribution in [0.15, 0.2) is 42.5 Å². The molecule has 5 heteroatoms. The summed E-state index contributed by atoms with van der Waals surface area (Å²) in [5.41, 5.74) is 3.73. The molecule has 1 aliphatic rings. The van der Waals surface area contributed by atoms with Gasteiger partial charge in [-0.3, -0.25) is 9.69 Å². The van der Waals surface area contributed by atoms with Gasteiger partial charge in [0.05, 0.1) is 0 Å².